The second kappa shape index (κ2) is 5.80. The molecule has 0 fully saturated rings. The summed E-state index contributed by atoms with van der Waals surface area (Å²) in [6, 6.07) is 6.70. The smallest absolute Gasteiger partial charge is 0.230 e. The minimum absolute atomic E-state index is 0.172. The first kappa shape index (κ1) is 12.8. The van der Waals surface area contributed by atoms with Crippen molar-refractivity contribution >= 4 is 34.9 Å². The fourth-order valence-corrected chi connectivity index (χ4v) is 1.56. The molecule has 0 saturated heterocycles. The molecule has 4 nitrogen and oxygen atoms in total. The molecular formula is C12H9Cl2N3O. The number of pyridine rings is 2. The Morgan fingerprint density at radius 3 is 2.56 bits per heavy atom. The Labute approximate surface area is 114 Å². The van der Waals surface area contributed by atoms with Crippen LogP contribution in [-0.4, -0.2) is 15.9 Å². The Hall–Kier alpha value is -1.65. The molecule has 2 aromatic rings. The van der Waals surface area contributed by atoms with Gasteiger partial charge in [0.15, 0.2) is 0 Å². The van der Waals surface area contributed by atoms with Gasteiger partial charge in [-0.3, -0.25) is 4.79 Å². The van der Waals surface area contributed by atoms with Crippen LogP contribution in [0.4, 0.5) is 5.82 Å². The summed E-state index contributed by atoms with van der Waals surface area (Å²) in [5, 5.41) is 3.59. The molecule has 6 heteroatoms. The summed E-state index contributed by atoms with van der Waals surface area (Å²) in [7, 11) is 0. The van der Waals surface area contributed by atoms with E-state index >= 15 is 0 Å². The van der Waals surface area contributed by atoms with Gasteiger partial charge in [-0.1, -0.05) is 29.3 Å². The Kier molecular flexibility index (Phi) is 4.12. The van der Waals surface area contributed by atoms with Gasteiger partial charge in [0.05, 0.1) is 11.4 Å². The van der Waals surface area contributed by atoms with Crippen LogP contribution < -0.4 is 5.32 Å². The molecule has 2 heterocycles. The molecule has 0 atom stereocenters. The van der Waals surface area contributed by atoms with Gasteiger partial charge in [-0.2, -0.15) is 0 Å². The molecule has 0 bridgehead atoms. The average Bonchev–Trinajstić information content (AvgIpc) is 2.35. The van der Waals surface area contributed by atoms with Gasteiger partial charge in [-0.25, -0.2) is 9.97 Å². The van der Waals surface area contributed by atoms with Crippen molar-refractivity contribution in [3.63, 3.8) is 0 Å². The summed E-state index contributed by atoms with van der Waals surface area (Å²) in [5.74, 6) is 0.292. The number of rotatable bonds is 3. The molecule has 18 heavy (non-hydrogen) atoms. The molecule has 92 valence electrons. The zero-order chi connectivity index (χ0) is 13.0. The lowest BCUT2D eigenvalue weighted by Crippen LogP contribution is -2.15. The number of nitrogens with zero attached hydrogens (tertiary/aromatic N) is 2. The largest absolute Gasteiger partial charge is 0.310 e. The minimum atomic E-state index is -0.172. The fraction of sp³-hybridized carbons (Fsp3) is 0.0833. The van der Waals surface area contributed by atoms with Crippen molar-refractivity contribution in [2.75, 3.05) is 5.32 Å². The highest BCUT2D eigenvalue weighted by Gasteiger charge is 2.05. The molecule has 0 aromatic carbocycles. The summed E-state index contributed by atoms with van der Waals surface area (Å²) in [4.78, 5) is 19.6. The molecule has 2 aromatic heterocycles. The highest BCUT2D eigenvalue weighted by atomic mass is 35.5. The van der Waals surface area contributed by atoms with Gasteiger partial charge in [0.2, 0.25) is 5.91 Å². The predicted molar refractivity (Wildman–Crippen MR) is 70.8 cm³/mol. The molecule has 0 unspecified atom stereocenters. The maximum atomic E-state index is 11.7. The van der Waals surface area contributed by atoms with Gasteiger partial charge in [0.25, 0.3) is 0 Å². The van der Waals surface area contributed by atoms with E-state index in [1.54, 1.807) is 30.5 Å². The van der Waals surface area contributed by atoms with Gasteiger partial charge in [0.1, 0.15) is 11.0 Å². The number of nitrogens with one attached hydrogen (secondary N) is 1. The van der Waals surface area contributed by atoms with Gasteiger partial charge < -0.3 is 5.32 Å². The first-order valence-electron chi connectivity index (χ1n) is 5.15. The lowest BCUT2D eigenvalue weighted by Gasteiger charge is -2.04. The van der Waals surface area contributed by atoms with Gasteiger partial charge in [-0.15, -0.1) is 0 Å². The Morgan fingerprint density at radius 2 is 1.94 bits per heavy atom. The Bertz CT molecular complexity index is 491. The van der Waals surface area contributed by atoms with Crippen LogP contribution in [0.25, 0.3) is 0 Å². The summed E-state index contributed by atoms with van der Waals surface area (Å²) in [5.41, 5.74) is 0.783. The quantitative estimate of drug-likeness (QED) is 0.880. The monoisotopic (exact) mass is 281 g/mol. The summed E-state index contributed by atoms with van der Waals surface area (Å²) in [6.07, 6.45) is 3.26. The summed E-state index contributed by atoms with van der Waals surface area (Å²) >= 11 is 11.4. The lowest BCUT2D eigenvalue weighted by molar-refractivity contribution is -0.115. The van der Waals surface area contributed by atoms with E-state index in [9.17, 15) is 4.79 Å². The molecule has 0 aliphatic rings. The van der Waals surface area contributed by atoms with Crippen LogP contribution >= 0.6 is 23.2 Å². The molecule has 1 N–H and O–H groups in total. The Morgan fingerprint density at radius 1 is 1.11 bits per heavy atom. The Balaban J connectivity index is 1.96. The van der Waals surface area contributed by atoms with Crippen LogP contribution in [0.1, 0.15) is 5.56 Å². The predicted octanol–water partition coefficient (Wildman–Crippen LogP) is 2.96. The van der Waals surface area contributed by atoms with E-state index in [1.807, 2.05) is 0 Å². The highest BCUT2D eigenvalue weighted by molar-refractivity contribution is 6.30. The molecule has 1 amide bonds. The van der Waals surface area contributed by atoms with E-state index < -0.39 is 0 Å². The van der Waals surface area contributed by atoms with Crippen LogP contribution in [-0.2, 0) is 11.2 Å². The van der Waals surface area contributed by atoms with Crippen molar-refractivity contribution in [2.45, 2.75) is 6.42 Å². The molecule has 2 rings (SSSR count). The van der Waals surface area contributed by atoms with Crippen LogP contribution in [0.15, 0.2) is 36.7 Å². The van der Waals surface area contributed by atoms with Crippen molar-refractivity contribution in [1.82, 2.24) is 9.97 Å². The van der Waals surface area contributed by atoms with Gasteiger partial charge in [-0.05, 0) is 23.8 Å². The number of anilines is 1. The molecular weight excluding hydrogens is 273 g/mol. The van der Waals surface area contributed by atoms with Crippen LogP contribution in [0.3, 0.4) is 0 Å². The van der Waals surface area contributed by atoms with Gasteiger partial charge in [0, 0.05) is 12.4 Å². The topological polar surface area (TPSA) is 54.9 Å². The zero-order valence-corrected chi connectivity index (χ0v) is 10.7. The summed E-state index contributed by atoms with van der Waals surface area (Å²) in [6.45, 7) is 0. The van der Waals surface area contributed by atoms with Crippen LogP contribution in [0.5, 0.6) is 0 Å². The maximum absolute atomic E-state index is 11.7. The van der Waals surface area contributed by atoms with Crippen molar-refractivity contribution in [3.8, 4) is 0 Å². The third kappa shape index (κ3) is 3.68. The van der Waals surface area contributed by atoms with E-state index in [0.717, 1.165) is 5.56 Å². The average molecular weight is 282 g/mol. The standard InChI is InChI=1S/C12H9Cl2N3O/c13-9-2-4-11(16-7-9)17-12(18)5-8-1-3-10(14)15-6-8/h1-4,6-7H,5H2,(H,16,17,18). The SMILES string of the molecule is O=C(Cc1ccc(Cl)nc1)Nc1ccc(Cl)cn1. The molecule has 0 aliphatic heterocycles. The number of halogens is 2. The van der Waals surface area contributed by atoms with Crippen molar-refractivity contribution in [1.29, 1.82) is 0 Å². The van der Waals surface area contributed by atoms with Gasteiger partial charge >= 0.3 is 0 Å². The molecule has 0 saturated carbocycles. The van der Waals surface area contributed by atoms with Crippen molar-refractivity contribution in [2.24, 2.45) is 0 Å². The first-order chi connectivity index (χ1) is 8.63. The highest BCUT2D eigenvalue weighted by Crippen LogP contribution is 2.10. The second-order valence-corrected chi connectivity index (χ2v) is 4.40. The normalized spacial score (nSPS) is 10.1. The van der Waals surface area contributed by atoms with E-state index in [-0.39, 0.29) is 12.3 Å². The second-order valence-electron chi connectivity index (χ2n) is 3.58. The third-order valence-corrected chi connectivity index (χ3v) is 2.60. The lowest BCUT2D eigenvalue weighted by atomic mass is 10.2. The van der Waals surface area contributed by atoms with E-state index in [1.165, 1.54) is 6.20 Å². The number of amides is 1. The van der Waals surface area contributed by atoms with E-state index in [2.05, 4.69) is 15.3 Å². The number of carbonyl (C=O) groups is 1. The number of carbonyl (C=O) groups excluding carboxylic acids is 1. The van der Waals surface area contributed by atoms with Crippen molar-refractivity contribution < 1.29 is 4.79 Å². The van der Waals surface area contributed by atoms with Crippen LogP contribution in [0, 0.1) is 0 Å². The van der Waals surface area contributed by atoms with Crippen LogP contribution in [0.2, 0.25) is 10.2 Å². The fourth-order valence-electron chi connectivity index (χ4n) is 1.33. The third-order valence-electron chi connectivity index (χ3n) is 2.15. The number of hydrogen-bond acceptors (Lipinski definition) is 3. The first-order valence-corrected chi connectivity index (χ1v) is 5.91. The number of aromatic nitrogens is 2. The maximum Gasteiger partial charge on any atom is 0.230 e. The van der Waals surface area contributed by atoms with Crippen molar-refractivity contribution in [3.05, 3.63) is 52.4 Å². The number of hydrogen-bond donors (Lipinski definition) is 1. The molecule has 0 aliphatic carbocycles. The van der Waals surface area contributed by atoms with E-state index in [4.69, 9.17) is 23.2 Å². The molecule has 0 radical (unpaired) electrons. The zero-order valence-electron chi connectivity index (χ0n) is 9.23. The minimum Gasteiger partial charge on any atom is -0.310 e. The molecule has 0 spiro atoms. The van der Waals surface area contributed by atoms with E-state index in [0.29, 0.717) is 16.0 Å². The summed E-state index contributed by atoms with van der Waals surface area (Å²) < 4.78 is 0.